The molecule has 3 rings (SSSR count). The van der Waals surface area contributed by atoms with Crippen molar-refractivity contribution in [3.63, 3.8) is 0 Å². The summed E-state index contributed by atoms with van der Waals surface area (Å²) in [5.41, 5.74) is 3.62. The molecule has 8 heteroatoms. The summed E-state index contributed by atoms with van der Waals surface area (Å²) in [6, 6.07) is 12.3. The van der Waals surface area contributed by atoms with Crippen molar-refractivity contribution in [1.29, 1.82) is 0 Å². The predicted octanol–water partition coefficient (Wildman–Crippen LogP) is 2.76. The number of anilines is 1. The molecule has 2 aromatic rings. The number of aryl methyl sites for hydroxylation is 1. The van der Waals surface area contributed by atoms with E-state index in [1.54, 1.807) is 19.1 Å². The molecule has 0 unspecified atom stereocenters. The predicted molar refractivity (Wildman–Crippen MR) is 115 cm³/mol. The first-order chi connectivity index (χ1) is 14.3. The summed E-state index contributed by atoms with van der Waals surface area (Å²) in [5.74, 6) is -0.0438. The molecule has 0 aromatic heterocycles. The largest absolute Gasteiger partial charge is 0.482 e. The maximum atomic E-state index is 13.0. The zero-order valence-corrected chi connectivity index (χ0v) is 18.4. The van der Waals surface area contributed by atoms with Crippen LogP contribution in [0.1, 0.15) is 18.1 Å². The Morgan fingerprint density at radius 2 is 1.67 bits per heavy atom. The van der Waals surface area contributed by atoms with Gasteiger partial charge in [0.05, 0.1) is 11.5 Å². The van der Waals surface area contributed by atoms with Crippen molar-refractivity contribution in [3.8, 4) is 5.75 Å². The molecule has 0 saturated carbocycles. The van der Waals surface area contributed by atoms with Crippen LogP contribution < -0.4 is 9.64 Å². The van der Waals surface area contributed by atoms with Crippen LogP contribution in [-0.2, 0) is 19.6 Å². The molecule has 2 aromatic carbocycles. The Labute approximate surface area is 178 Å². The van der Waals surface area contributed by atoms with Crippen molar-refractivity contribution in [2.24, 2.45) is 0 Å². The Balaban J connectivity index is 1.62. The summed E-state index contributed by atoms with van der Waals surface area (Å²) in [7, 11) is -3.58. The van der Waals surface area contributed by atoms with Gasteiger partial charge >= 0.3 is 5.97 Å². The highest BCUT2D eigenvalue weighted by Crippen LogP contribution is 2.26. The molecule has 1 heterocycles. The molecular formula is C22H28N2O5S. The quantitative estimate of drug-likeness (QED) is 0.627. The first kappa shape index (κ1) is 22.1. The Morgan fingerprint density at radius 3 is 2.30 bits per heavy atom. The number of esters is 1. The first-order valence-electron chi connectivity index (χ1n) is 10.0. The number of nitrogens with zero attached hydrogens (tertiary/aromatic N) is 2. The molecule has 1 aliphatic rings. The molecule has 1 aliphatic heterocycles. The highest BCUT2D eigenvalue weighted by molar-refractivity contribution is 7.89. The van der Waals surface area contributed by atoms with E-state index in [1.807, 2.05) is 6.07 Å². The second-order valence-corrected chi connectivity index (χ2v) is 9.11. The molecule has 0 spiro atoms. The lowest BCUT2D eigenvalue weighted by Crippen LogP contribution is -2.48. The Bertz CT molecular complexity index is 981. The normalized spacial score (nSPS) is 15.1. The number of hydrogen-bond donors (Lipinski definition) is 0. The van der Waals surface area contributed by atoms with Gasteiger partial charge in [-0.2, -0.15) is 4.31 Å². The van der Waals surface area contributed by atoms with Crippen molar-refractivity contribution < 1.29 is 22.7 Å². The maximum Gasteiger partial charge on any atom is 0.344 e. The van der Waals surface area contributed by atoms with Gasteiger partial charge in [-0.15, -0.1) is 0 Å². The number of hydrogen-bond acceptors (Lipinski definition) is 6. The van der Waals surface area contributed by atoms with Gasteiger partial charge < -0.3 is 14.4 Å². The van der Waals surface area contributed by atoms with Crippen molar-refractivity contribution in [2.45, 2.75) is 25.7 Å². The van der Waals surface area contributed by atoms with Gasteiger partial charge in [-0.3, -0.25) is 0 Å². The molecule has 0 aliphatic carbocycles. The van der Waals surface area contributed by atoms with Crippen molar-refractivity contribution in [2.75, 3.05) is 44.3 Å². The molecule has 1 saturated heterocycles. The highest BCUT2D eigenvalue weighted by atomic mass is 32.2. The van der Waals surface area contributed by atoms with E-state index in [-0.39, 0.29) is 18.1 Å². The average molecular weight is 433 g/mol. The Kier molecular flexibility index (Phi) is 6.99. The van der Waals surface area contributed by atoms with Gasteiger partial charge in [0.2, 0.25) is 10.0 Å². The third kappa shape index (κ3) is 4.94. The fraction of sp³-hybridized carbons (Fsp3) is 0.409. The lowest BCUT2D eigenvalue weighted by Gasteiger charge is -2.36. The first-order valence-corrected chi connectivity index (χ1v) is 11.5. The van der Waals surface area contributed by atoms with Crippen molar-refractivity contribution in [3.05, 3.63) is 53.6 Å². The van der Waals surface area contributed by atoms with Crippen LogP contribution in [0.4, 0.5) is 5.69 Å². The number of carbonyl (C=O) groups excluding carboxylic acids is 1. The van der Waals surface area contributed by atoms with E-state index in [4.69, 9.17) is 9.47 Å². The summed E-state index contributed by atoms with van der Waals surface area (Å²) >= 11 is 0. The van der Waals surface area contributed by atoms with Crippen LogP contribution in [0.5, 0.6) is 5.75 Å². The molecule has 0 bridgehead atoms. The standard InChI is InChI=1S/C22H28N2O5S/c1-4-28-22(25)16-29-19-8-10-20(11-9-19)30(26,27)24-14-12-23(13-15-24)21-7-5-6-17(2)18(21)3/h5-11H,4,12-16H2,1-3H3. The van der Waals surface area contributed by atoms with Crippen LogP contribution >= 0.6 is 0 Å². The summed E-state index contributed by atoms with van der Waals surface area (Å²) in [6.07, 6.45) is 0. The van der Waals surface area contributed by atoms with Gasteiger partial charge in [0, 0.05) is 31.9 Å². The number of piperazine rings is 1. The van der Waals surface area contributed by atoms with Crippen LogP contribution in [0.2, 0.25) is 0 Å². The second kappa shape index (κ2) is 9.49. The topological polar surface area (TPSA) is 76.1 Å². The van der Waals surface area contributed by atoms with Crippen molar-refractivity contribution in [1.82, 2.24) is 4.31 Å². The third-order valence-corrected chi connectivity index (χ3v) is 7.19. The van der Waals surface area contributed by atoms with E-state index in [1.165, 1.54) is 27.6 Å². The van der Waals surface area contributed by atoms with E-state index in [9.17, 15) is 13.2 Å². The molecule has 162 valence electrons. The van der Waals surface area contributed by atoms with Crippen molar-refractivity contribution >= 4 is 21.7 Å². The van der Waals surface area contributed by atoms with Crippen LogP contribution in [0.3, 0.4) is 0 Å². The minimum atomic E-state index is -3.58. The molecule has 0 radical (unpaired) electrons. The molecule has 30 heavy (non-hydrogen) atoms. The Morgan fingerprint density at radius 1 is 1.00 bits per heavy atom. The van der Waals surface area contributed by atoms with Gasteiger partial charge in [-0.1, -0.05) is 12.1 Å². The molecule has 7 nitrogen and oxygen atoms in total. The van der Waals surface area contributed by atoms with Crippen LogP contribution in [0.25, 0.3) is 0 Å². The number of ether oxygens (including phenoxy) is 2. The van der Waals surface area contributed by atoms with Gasteiger partial charge in [0.25, 0.3) is 0 Å². The minimum Gasteiger partial charge on any atom is -0.482 e. The lowest BCUT2D eigenvalue weighted by atomic mass is 10.1. The van der Waals surface area contributed by atoms with E-state index in [0.29, 0.717) is 31.9 Å². The maximum absolute atomic E-state index is 13.0. The third-order valence-electron chi connectivity index (χ3n) is 5.28. The van der Waals surface area contributed by atoms with E-state index >= 15 is 0 Å². The fourth-order valence-electron chi connectivity index (χ4n) is 3.45. The van der Waals surface area contributed by atoms with Gasteiger partial charge in [-0.25, -0.2) is 13.2 Å². The lowest BCUT2D eigenvalue weighted by molar-refractivity contribution is -0.145. The zero-order valence-electron chi connectivity index (χ0n) is 17.6. The van der Waals surface area contributed by atoms with E-state index in [2.05, 4.69) is 30.9 Å². The molecule has 1 fully saturated rings. The second-order valence-electron chi connectivity index (χ2n) is 7.18. The van der Waals surface area contributed by atoms with Gasteiger partial charge in [-0.05, 0) is 62.2 Å². The van der Waals surface area contributed by atoms with E-state index < -0.39 is 16.0 Å². The van der Waals surface area contributed by atoms with Crippen LogP contribution in [0.15, 0.2) is 47.4 Å². The molecular weight excluding hydrogens is 404 g/mol. The molecule has 0 N–H and O–H groups in total. The average Bonchev–Trinajstić information content (AvgIpc) is 2.75. The van der Waals surface area contributed by atoms with Gasteiger partial charge in [0.1, 0.15) is 5.75 Å². The SMILES string of the molecule is CCOC(=O)COc1ccc(S(=O)(=O)N2CCN(c3cccc(C)c3C)CC2)cc1. The number of benzene rings is 2. The molecule has 0 atom stereocenters. The van der Waals surface area contributed by atoms with Crippen LogP contribution in [0, 0.1) is 13.8 Å². The molecule has 0 amide bonds. The van der Waals surface area contributed by atoms with Gasteiger partial charge in [0.15, 0.2) is 6.61 Å². The fourth-order valence-corrected chi connectivity index (χ4v) is 4.87. The highest BCUT2D eigenvalue weighted by Gasteiger charge is 2.29. The van der Waals surface area contributed by atoms with E-state index in [0.717, 1.165) is 5.69 Å². The minimum absolute atomic E-state index is 0.208. The summed E-state index contributed by atoms with van der Waals surface area (Å²) in [5, 5.41) is 0. The summed E-state index contributed by atoms with van der Waals surface area (Å²) in [4.78, 5) is 13.8. The number of sulfonamides is 1. The monoisotopic (exact) mass is 432 g/mol. The summed E-state index contributed by atoms with van der Waals surface area (Å²) in [6.45, 7) is 8.12. The number of carbonyl (C=O) groups is 1. The summed E-state index contributed by atoms with van der Waals surface area (Å²) < 4.78 is 37.7. The number of rotatable bonds is 7. The Hall–Kier alpha value is -2.58. The smallest absolute Gasteiger partial charge is 0.344 e. The zero-order chi connectivity index (χ0) is 21.7. The van der Waals surface area contributed by atoms with Crippen LogP contribution in [-0.4, -0.2) is 58.1 Å².